The zero-order valence-electron chi connectivity index (χ0n) is 14.8. The van der Waals surface area contributed by atoms with Crippen LogP contribution in [0.4, 0.5) is 5.69 Å². The molecule has 1 atom stereocenters. The van der Waals surface area contributed by atoms with Crippen LogP contribution in [-0.2, 0) is 4.79 Å². The number of nitrogens with zero attached hydrogens (tertiary/aromatic N) is 3. The predicted molar refractivity (Wildman–Crippen MR) is 96.8 cm³/mol. The van der Waals surface area contributed by atoms with Gasteiger partial charge in [0.2, 0.25) is 0 Å². The molecule has 0 spiro atoms. The van der Waals surface area contributed by atoms with E-state index in [1.165, 1.54) is 6.07 Å². The maximum atomic E-state index is 12.0. The number of carboxylic acids is 1. The molecule has 0 bridgehead atoms. The highest BCUT2D eigenvalue weighted by Crippen LogP contribution is 2.31. The first kappa shape index (κ1) is 17.9. The molecule has 1 aliphatic heterocycles. The van der Waals surface area contributed by atoms with Crippen LogP contribution in [0, 0.1) is 6.92 Å². The van der Waals surface area contributed by atoms with Gasteiger partial charge in [-0.25, -0.2) is 5.10 Å². The number of methoxy groups -OCH3 is 1. The molecule has 0 aliphatic carbocycles. The molecule has 1 unspecified atom stereocenters. The highest BCUT2D eigenvalue weighted by Gasteiger charge is 2.32. The lowest BCUT2D eigenvalue weighted by atomic mass is 10.0. The zero-order valence-corrected chi connectivity index (χ0v) is 14.8. The molecule has 0 radical (unpaired) electrons. The molecular weight excluding hydrogens is 336 g/mol. The molecule has 2 heterocycles. The van der Waals surface area contributed by atoms with Gasteiger partial charge in [0.25, 0.3) is 5.56 Å². The fraction of sp³-hybridized carbons (Fsp3) is 0.389. The van der Waals surface area contributed by atoms with E-state index in [-0.39, 0.29) is 5.56 Å². The van der Waals surface area contributed by atoms with Gasteiger partial charge in [-0.3, -0.25) is 14.5 Å². The van der Waals surface area contributed by atoms with Gasteiger partial charge in [0.05, 0.1) is 19.0 Å². The van der Waals surface area contributed by atoms with Crippen molar-refractivity contribution in [3.05, 3.63) is 51.9 Å². The molecule has 8 nitrogen and oxygen atoms in total. The van der Waals surface area contributed by atoms with Crippen LogP contribution in [-0.4, -0.2) is 59.5 Å². The second kappa shape index (κ2) is 7.57. The third-order valence-corrected chi connectivity index (χ3v) is 4.61. The summed E-state index contributed by atoms with van der Waals surface area (Å²) < 4.78 is 5.38. The van der Waals surface area contributed by atoms with Gasteiger partial charge in [-0.2, -0.15) is 5.10 Å². The smallest absolute Gasteiger partial charge is 0.325 e. The SMILES string of the molecule is COc1ccc(C)cc1C(C(=O)O)N1CCN(c2cn[nH]c(=O)c2)CC1. The Balaban J connectivity index is 1.80. The molecular formula is C18H22N4O4. The minimum absolute atomic E-state index is 0.252. The van der Waals surface area contributed by atoms with Crippen molar-refractivity contribution in [1.29, 1.82) is 0 Å². The number of anilines is 1. The van der Waals surface area contributed by atoms with Gasteiger partial charge >= 0.3 is 5.97 Å². The number of aryl methyl sites for hydroxylation is 1. The Morgan fingerprint density at radius 3 is 2.62 bits per heavy atom. The number of hydrogen-bond acceptors (Lipinski definition) is 6. The molecule has 8 heteroatoms. The summed E-state index contributed by atoms with van der Waals surface area (Å²) in [6.45, 7) is 4.27. The van der Waals surface area contributed by atoms with Gasteiger partial charge in [-0.05, 0) is 13.0 Å². The van der Waals surface area contributed by atoms with Gasteiger partial charge in [0.1, 0.15) is 11.8 Å². The van der Waals surface area contributed by atoms with E-state index in [0.717, 1.165) is 11.3 Å². The Hall–Kier alpha value is -2.87. The van der Waals surface area contributed by atoms with Crippen LogP contribution < -0.4 is 15.2 Å². The van der Waals surface area contributed by atoms with E-state index in [9.17, 15) is 14.7 Å². The Morgan fingerprint density at radius 1 is 1.27 bits per heavy atom. The first-order valence-electron chi connectivity index (χ1n) is 8.40. The van der Waals surface area contributed by atoms with E-state index < -0.39 is 12.0 Å². The van der Waals surface area contributed by atoms with Crippen molar-refractivity contribution < 1.29 is 14.6 Å². The number of piperazine rings is 1. The van der Waals surface area contributed by atoms with Crippen LogP contribution >= 0.6 is 0 Å². The molecule has 1 aromatic carbocycles. The van der Waals surface area contributed by atoms with Gasteiger partial charge in [-0.15, -0.1) is 0 Å². The van der Waals surface area contributed by atoms with Crippen molar-refractivity contribution in [2.24, 2.45) is 0 Å². The van der Waals surface area contributed by atoms with Gasteiger partial charge in [0, 0.05) is 37.8 Å². The second-order valence-electron chi connectivity index (χ2n) is 6.31. The number of aromatic amines is 1. The van der Waals surface area contributed by atoms with Crippen LogP contribution in [0.25, 0.3) is 0 Å². The Bertz CT molecular complexity index is 843. The van der Waals surface area contributed by atoms with Crippen molar-refractivity contribution in [2.75, 3.05) is 38.2 Å². The lowest BCUT2D eigenvalue weighted by molar-refractivity contribution is -0.143. The number of aromatic nitrogens is 2. The van der Waals surface area contributed by atoms with Crippen LogP contribution in [0.5, 0.6) is 5.75 Å². The largest absolute Gasteiger partial charge is 0.496 e. The number of rotatable bonds is 5. The fourth-order valence-corrected chi connectivity index (χ4v) is 3.33. The molecule has 1 saturated heterocycles. The van der Waals surface area contributed by atoms with E-state index in [0.29, 0.717) is 37.5 Å². The van der Waals surface area contributed by atoms with E-state index in [1.54, 1.807) is 19.4 Å². The molecule has 138 valence electrons. The Morgan fingerprint density at radius 2 is 2.00 bits per heavy atom. The molecule has 2 aromatic rings. The number of carboxylic acid groups (broad SMARTS) is 1. The lowest BCUT2D eigenvalue weighted by Gasteiger charge is -2.38. The van der Waals surface area contributed by atoms with Crippen molar-refractivity contribution in [1.82, 2.24) is 15.1 Å². The zero-order chi connectivity index (χ0) is 18.7. The van der Waals surface area contributed by atoms with Crippen LogP contribution in [0.3, 0.4) is 0 Å². The standard InChI is InChI=1S/C18H22N4O4/c1-12-3-4-15(26-2)14(9-12)17(18(24)25)22-7-5-21(6-8-22)13-10-16(23)20-19-11-13/h3-4,9-11,17H,5-8H2,1-2H3,(H,20,23)(H,24,25). The molecule has 26 heavy (non-hydrogen) atoms. The Kier molecular flexibility index (Phi) is 5.22. The first-order valence-corrected chi connectivity index (χ1v) is 8.40. The number of nitrogens with one attached hydrogen (secondary N) is 1. The maximum Gasteiger partial charge on any atom is 0.325 e. The third-order valence-electron chi connectivity index (χ3n) is 4.61. The van der Waals surface area contributed by atoms with Crippen molar-refractivity contribution in [3.63, 3.8) is 0 Å². The van der Waals surface area contributed by atoms with E-state index in [4.69, 9.17) is 4.74 Å². The molecule has 3 rings (SSSR count). The van der Waals surface area contributed by atoms with Crippen LogP contribution in [0.1, 0.15) is 17.2 Å². The molecule has 0 amide bonds. The summed E-state index contributed by atoms with van der Waals surface area (Å²) in [5.74, 6) is -0.329. The van der Waals surface area contributed by atoms with Gasteiger partial charge in [-0.1, -0.05) is 17.7 Å². The number of carbonyl (C=O) groups is 1. The average molecular weight is 358 g/mol. The van der Waals surface area contributed by atoms with Crippen molar-refractivity contribution in [3.8, 4) is 5.75 Å². The summed E-state index contributed by atoms with van der Waals surface area (Å²) in [6, 6.07) is 6.30. The number of benzene rings is 1. The first-order chi connectivity index (χ1) is 12.5. The normalized spacial score (nSPS) is 16.3. The topological polar surface area (TPSA) is 98.8 Å². The molecule has 0 saturated carbocycles. The minimum Gasteiger partial charge on any atom is -0.496 e. The van der Waals surface area contributed by atoms with Crippen LogP contribution in [0.2, 0.25) is 0 Å². The van der Waals surface area contributed by atoms with E-state index in [1.807, 2.05) is 28.9 Å². The molecule has 1 fully saturated rings. The Labute approximate surface area is 151 Å². The molecule has 2 N–H and O–H groups in total. The summed E-state index contributed by atoms with van der Waals surface area (Å²) in [5.41, 5.74) is 2.14. The second-order valence-corrected chi connectivity index (χ2v) is 6.31. The number of hydrogen-bond donors (Lipinski definition) is 2. The monoisotopic (exact) mass is 358 g/mol. The average Bonchev–Trinajstić information content (AvgIpc) is 2.62. The van der Waals surface area contributed by atoms with Gasteiger partial charge < -0.3 is 14.7 Å². The summed E-state index contributed by atoms with van der Waals surface area (Å²) in [5, 5.41) is 16.0. The van der Waals surface area contributed by atoms with Crippen molar-refractivity contribution >= 4 is 11.7 Å². The fourth-order valence-electron chi connectivity index (χ4n) is 3.33. The highest BCUT2D eigenvalue weighted by atomic mass is 16.5. The number of aliphatic carboxylic acids is 1. The summed E-state index contributed by atoms with van der Waals surface area (Å²) in [4.78, 5) is 27.4. The number of H-pyrrole nitrogens is 1. The predicted octanol–water partition coefficient (Wildman–Crippen LogP) is 1.03. The van der Waals surface area contributed by atoms with E-state index >= 15 is 0 Å². The maximum absolute atomic E-state index is 12.0. The third kappa shape index (κ3) is 3.70. The quantitative estimate of drug-likeness (QED) is 0.824. The summed E-state index contributed by atoms with van der Waals surface area (Å²) in [6.07, 6.45) is 1.61. The van der Waals surface area contributed by atoms with Gasteiger partial charge in [0.15, 0.2) is 0 Å². The van der Waals surface area contributed by atoms with E-state index in [2.05, 4.69) is 10.2 Å². The minimum atomic E-state index is -0.903. The molecule has 1 aromatic heterocycles. The lowest BCUT2D eigenvalue weighted by Crippen LogP contribution is -2.49. The summed E-state index contributed by atoms with van der Waals surface area (Å²) in [7, 11) is 1.55. The highest BCUT2D eigenvalue weighted by molar-refractivity contribution is 5.77. The van der Waals surface area contributed by atoms with Crippen LogP contribution in [0.15, 0.2) is 35.3 Å². The molecule has 1 aliphatic rings. The summed E-state index contributed by atoms with van der Waals surface area (Å²) >= 11 is 0. The number of ether oxygens (including phenoxy) is 1. The van der Waals surface area contributed by atoms with Crippen molar-refractivity contribution in [2.45, 2.75) is 13.0 Å².